The van der Waals surface area contributed by atoms with Gasteiger partial charge < -0.3 is 26.5 Å². The van der Waals surface area contributed by atoms with Gasteiger partial charge in [0.15, 0.2) is 5.65 Å². The first-order valence-corrected chi connectivity index (χ1v) is 9.93. The first-order chi connectivity index (χ1) is 14.5. The van der Waals surface area contributed by atoms with Gasteiger partial charge in [-0.2, -0.15) is 5.10 Å². The number of anilines is 1. The molecule has 0 radical (unpaired) electrons. The fraction of sp³-hybridized carbons (Fsp3) is 0.333. The van der Waals surface area contributed by atoms with Crippen LogP contribution in [0.5, 0.6) is 0 Å². The van der Waals surface area contributed by atoms with Crippen molar-refractivity contribution in [2.24, 2.45) is 5.73 Å². The normalized spacial score (nSPS) is 23.1. The van der Waals surface area contributed by atoms with Crippen LogP contribution in [0.2, 0.25) is 0 Å². The summed E-state index contributed by atoms with van der Waals surface area (Å²) in [6.45, 7) is 0. The van der Waals surface area contributed by atoms with Gasteiger partial charge in [0.05, 0.1) is 24.6 Å². The van der Waals surface area contributed by atoms with E-state index in [0.717, 1.165) is 25.7 Å². The number of nitrogens with one attached hydrogen (secondary N) is 3. The van der Waals surface area contributed by atoms with Gasteiger partial charge in [-0.05, 0) is 37.8 Å². The van der Waals surface area contributed by atoms with E-state index in [-0.39, 0.29) is 17.7 Å². The highest BCUT2D eigenvalue weighted by atomic mass is 16.5. The second-order valence-electron chi connectivity index (χ2n) is 7.46. The molecule has 156 valence electrons. The molecule has 4 rings (SSSR count). The van der Waals surface area contributed by atoms with Crippen LogP contribution < -0.4 is 16.4 Å². The number of carbonyl (C=O) groups is 1. The van der Waals surface area contributed by atoms with Crippen LogP contribution in [0.4, 0.5) is 5.69 Å². The Balaban J connectivity index is 1.53. The monoisotopic (exact) mass is 407 g/mol. The lowest BCUT2D eigenvalue weighted by atomic mass is 9.91. The summed E-state index contributed by atoms with van der Waals surface area (Å²) in [5, 5.41) is 18.7. The summed E-state index contributed by atoms with van der Waals surface area (Å²) in [5.41, 5.74) is 8.25. The molecule has 0 saturated heterocycles. The first-order valence-electron chi connectivity index (χ1n) is 9.93. The van der Waals surface area contributed by atoms with Crippen LogP contribution in [0.3, 0.4) is 0 Å². The minimum absolute atomic E-state index is 0.278. The summed E-state index contributed by atoms with van der Waals surface area (Å²) < 4.78 is 6.93. The van der Waals surface area contributed by atoms with E-state index in [0.29, 0.717) is 34.3 Å². The number of ether oxygens (including phenoxy) is 1. The minimum atomic E-state index is -0.356. The van der Waals surface area contributed by atoms with Crippen molar-refractivity contribution in [3.05, 3.63) is 59.9 Å². The predicted octanol–water partition coefficient (Wildman–Crippen LogP) is 1.90. The number of methoxy groups -OCH3 is 1. The lowest BCUT2D eigenvalue weighted by molar-refractivity contribution is -0.112. The van der Waals surface area contributed by atoms with Crippen molar-refractivity contribution < 1.29 is 9.53 Å². The average Bonchev–Trinajstić information content (AvgIpc) is 3.16. The van der Waals surface area contributed by atoms with Gasteiger partial charge >= 0.3 is 0 Å². The van der Waals surface area contributed by atoms with Gasteiger partial charge in [-0.15, -0.1) is 0 Å². The summed E-state index contributed by atoms with van der Waals surface area (Å²) in [6, 6.07) is 2.37. The number of amides is 1. The Bertz CT molecular complexity index is 1060. The molecule has 5 N–H and O–H groups in total. The highest BCUT2D eigenvalue weighted by molar-refractivity contribution is 6.16. The number of allylic oxidation sites excluding steroid dienone is 3. The van der Waals surface area contributed by atoms with Gasteiger partial charge in [0.1, 0.15) is 11.4 Å². The van der Waals surface area contributed by atoms with E-state index in [2.05, 4.69) is 20.7 Å². The SMILES string of the molecule is COC1=CC(=N)/C(=C\NC2CCC(N)CC2)C=C1C(=O)Nc1cnn2cccnc12. The Hall–Kier alpha value is -3.46. The first kappa shape index (κ1) is 19.8. The number of fused-ring (bicyclic) bond motifs is 1. The molecule has 0 aromatic carbocycles. The fourth-order valence-electron chi connectivity index (χ4n) is 3.66. The minimum Gasteiger partial charge on any atom is -0.496 e. The van der Waals surface area contributed by atoms with Crippen LogP contribution >= 0.6 is 0 Å². The lowest BCUT2D eigenvalue weighted by Crippen LogP contribution is -2.35. The average molecular weight is 407 g/mol. The van der Waals surface area contributed by atoms with Crippen molar-refractivity contribution in [3.8, 4) is 0 Å². The van der Waals surface area contributed by atoms with Gasteiger partial charge in [-0.3, -0.25) is 4.79 Å². The Morgan fingerprint density at radius 3 is 2.90 bits per heavy atom. The van der Waals surface area contributed by atoms with E-state index < -0.39 is 0 Å². The molecule has 0 atom stereocenters. The molecule has 1 saturated carbocycles. The Morgan fingerprint density at radius 2 is 2.13 bits per heavy atom. The molecule has 2 aliphatic carbocycles. The molecule has 9 heteroatoms. The molecule has 1 amide bonds. The molecule has 2 heterocycles. The van der Waals surface area contributed by atoms with Gasteiger partial charge in [0, 0.05) is 42.3 Å². The summed E-state index contributed by atoms with van der Waals surface area (Å²) in [4.78, 5) is 17.2. The van der Waals surface area contributed by atoms with E-state index >= 15 is 0 Å². The molecule has 30 heavy (non-hydrogen) atoms. The number of aromatic nitrogens is 3. The lowest BCUT2D eigenvalue weighted by Gasteiger charge is -2.26. The zero-order valence-corrected chi connectivity index (χ0v) is 16.8. The van der Waals surface area contributed by atoms with Crippen LogP contribution in [-0.2, 0) is 9.53 Å². The third-order valence-corrected chi connectivity index (χ3v) is 5.39. The molecule has 2 aromatic rings. The van der Waals surface area contributed by atoms with Gasteiger partial charge in [0.2, 0.25) is 0 Å². The van der Waals surface area contributed by atoms with Crippen molar-refractivity contribution >= 4 is 23.0 Å². The summed E-state index contributed by atoms with van der Waals surface area (Å²) in [7, 11) is 1.48. The van der Waals surface area contributed by atoms with Crippen molar-refractivity contribution in [1.82, 2.24) is 19.9 Å². The van der Waals surface area contributed by atoms with Gasteiger partial charge in [-0.25, -0.2) is 9.50 Å². The topological polar surface area (TPSA) is 130 Å². The maximum Gasteiger partial charge on any atom is 0.259 e. The van der Waals surface area contributed by atoms with E-state index in [1.165, 1.54) is 7.11 Å². The fourth-order valence-corrected chi connectivity index (χ4v) is 3.66. The van der Waals surface area contributed by atoms with Crippen molar-refractivity contribution in [2.45, 2.75) is 37.8 Å². The van der Waals surface area contributed by atoms with Crippen molar-refractivity contribution in [1.29, 1.82) is 5.41 Å². The van der Waals surface area contributed by atoms with E-state index in [1.807, 2.05) is 0 Å². The highest BCUT2D eigenvalue weighted by Crippen LogP contribution is 2.24. The standard InChI is InChI=1S/C21H25N7O2/c1-30-19-10-17(23)13(11-25-15-5-3-14(22)4-6-15)9-16(19)21(29)27-18-12-26-28-8-2-7-24-20(18)28/h2,7-12,14-15,23,25H,3-6,22H2,1H3,(H,27,29)/b13-11-,23-17?. The predicted molar refractivity (Wildman–Crippen MR) is 114 cm³/mol. The Kier molecular flexibility index (Phi) is 5.62. The molecule has 2 aliphatic rings. The van der Waals surface area contributed by atoms with Gasteiger partial charge in [-0.1, -0.05) is 0 Å². The zero-order valence-electron chi connectivity index (χ0n) is 16.8. The van der Waals surface area contributed by atoms with Crippen molar-refractivity contribution in [3.63, 3.8) is 0 Å². The van der Waals surface area contributed by atoms with Crippen molar-refractivity contribution in [2.75, 3.05) is 12.4 Å². The molecule has 0 aliphatic heterocycles. The molecule has 9 nitrogen and oxygen atoms in total. The summed E-state index contributed by atoms with van der Waals surface area (Å²) >= 11 is 0. The van der Waals surface area contributed by atoms with Crippen LogP contribution in [-0.4, -0.2) is 45.4 Å². The molecule has 0 spiro atoms. The van der Waals surface area contributed by atoms with Crippen LogP contribution in [0, 0.1) is 5.41 Å². The number of hydrogen-bond donors (Lipinski definition) is 4. The van der Waals surface area contributed by atoms with E-state index in [9.17, 15) is 4.79 Å². The quantitative estimate of drug-likeness (QED) is 0.599. The number of carbonyl (C=O) groups excluding carboxylic acids is 1. The molecule has 0 bridgehead atoms. The van der Waals surface area contributed by atoms with E-state index in [1.54, 1.807) is 47.5 Å². The maximum absolute atomic E-state index is 13.0. The van der Waals surface area contributed by atoms with Gasteiger partial charge in [0.25, 0.3) is 5.91 Å². The molecule has 2 aromatic heterocycles. The largest absolute Gasteiger partial charge is 0.496 e. The maximum atomic E-state index is 13.0. The zero-order chi connectivity index (χ0) is 21.1. The smallest absolute Gasteiger partial charge is 0.259 e. The Labute approximate surface area is 174 Å². The third-order valence-electron chi connectivity index (χ3n) is 5.39. The molecule has 1 fully saturated rings. The van der Waals surface area contributed by atoms with Crippen LogP contribution in [0.1, 0.15) is 25.7 Å². The molecular formula is C21H25N7O2. The Morgan fingerprint density at radius 1 is 1.33 bits per heavy atom. The summed E-state index contributed by atoms with van der Waals surface area (Å²) in [6.07, 6.45) is 13.9. The second-order valence-corrected chi connectivity index (χ2v) is 7.46. The molecular weight excluding hydrogens is 382 g/mol. The summed E-state index contributed by atoms with van der Waals surface area (Å²) in [5.74, 6) is -0.0200. The van der Waals surface area contributed by atoms with E-state index in [4.69, 9.17) is 15.9 Å². The number of nitrogens with zero attached hydrogens (tertiary/aromatic N) is 3. The van der Waals surface area contributed by atoms with Crippen LogP contribution in [0.15, 0.2) is 59.9 Å². The molecule has 0 unspecified atom stereocenters. The second kappa shape index (κ2) is 8.50. The third kappa shape index (κ3) is 4.11. The number of rotatable bonds is 5. The van der Waals surface area contributed by atoms with Crippen LogP contribution in [0.25, 0.3) is 5.65 Å². The number of nitrogens with two attached hydrogens (primary N) is 1. The highest BCUT2D eigenvalue weighted by Gasteiger charge is 2.24. The number of hydrogen-bond acceptors (Lipinski definition) is 7.